The summed E-state index contributed by atoms with van der Waals surface area (Å²) in [6.45, 7) is 3.05. The van der Waals surface area contributed by atoms with Crippen LogP contribution in [0.15, 0.2) is 29.2 Å². The van der Waals surface area contributed by atoms with Crippen molar-refractivity contribution < 1.29 is 8.42 Å². The van der Waals surface area contributed by atoms with Crippen molar-refractivity contribution in [3.05, 3.63) is 24.3 Å². The van der Waals surface area contributed by atoms with E-state index < -0.39 is 10.0 Å². The predicted molar refractivity (Wildman–Crippen MR) is 88.4 cm³/mol. The first-order chi connectivity index (χ1) is 9.99. The van der Waals surface area contributed by atoms with E-state index in [1.807, 2.05) is 23.9 Å². The highest BCUT2D eigenvalue weighted by atomic mass is 32.2. The summed E-state index contributed by atoms with van der Waals surface area (Å²) >= 11 is 1.97. The summed E-state index contributed by atoms with van der Waals surface area (Å²) in [6.07, 6.45) is 4.32. The molecular formula is C15H22N2O2S2. The Kier molecular flexibility index (Phi) is 4.21. The van der Waals surface area contributed by atoms with Crippen LogP contribution in [0.3, 0.4) is 0 Å². The number of sulfonamides is 1. The van der Waals surface area contributed by atoms with Crippen LogP contribution in [-0.2, 0) is 10.0 Å². The second-order valence-corrected chi connectivity index (χ2v) is 9.51. The van der Waals surface area contributed by atoms with E-state index in [4.69, 9.17) is 0 Å². The summed E-state index contributed by atoms with van der Waals surface area (Å²) < 4.78 is 27.8. The monoisotopic (exact) mass is 326 g/mol. The highest BCUT2D eigenvalue weighted by molar-refractivity contribution is 8.00. The van der Waals surface area contributed by atoms with Crippen LogP contribution in [-0.4, -0.2) is 31.5 Å². The minimum absolute atomic E-state index is 0.131. The molecule has 1 aliphatic heterocycles. The Bertz CT molecular complexity index is 606. The average Bonchev–Trinajstić information content (AvgIpc) is 3.15. The third-order valence-corrected chi connectivity index (χ3v) is 7.15. The zero-order valence-corrected chi connectivity index (χ0v) is 13.9. The molecule has 0 spiro atoms. The summed E-state index contributed by atoms with van der Waals surface area (Å²) in [6, 6.07) is 7.31. The maximum absolute atomic E-state index is 12.4. The molecule has 6 heteroatoms. The molecule has 1 saturated carbocycles. The Morgan fingerprint density at radius 2 is 2.10 bits per heavy atom. The van der Waals surface area contributed by atoms with Gasteiger partial charge in [-0.05, 0) is 50.5 Å². The van der Waals surface area contributed by atoms with Crippen LogP contribution in [0.4, 0.5) is 5.69 Å². The predicted octanol–water partition coefficient (Wildman–Crippen LogP) is 2.82. The van der Waals surface area contributed by atoms with Crippen LogP contribution >= 0.6 is 11.8 Å². The van der Waals surface area contributed by atoms with E-state index in [9.17, 15) is 8.42 Å². The first kappa shape index (κ1) is 15.2. The second-order valence-electron chi connectivity index (χ2n) is 6.15. The fraction of sp³-hybridized carbons (Fsp3) is 0.600. The molecule has 21 heavy (non-hydrogen) atoms. The maximum atomic E-state index is 12.4. The molecule has 0 bridgehead atoms. The zero-order chi connectivity index (χ0) is 14.9. The lowest BCUT2D eigenvalue weighted by Gasteiger charge is -2.24. The number of anilines is 1. The van der Waals surface area contributed by atoms with Crippen LogP contribution < -0.4 is 10.0 Å². The molecule has 0 radical (unpaired) electrons. The van der Waals surface area contributed by atoms with Gasteiger partial charge in [-0.2, -0.15) is 11.8 Å². The van der Waals surface area contributed by atoms with Gasteiger partial charge in [-0.3, -0.25) is 0 Å². The van der Waals surface area contributed by atoms with Gasteiger partial charge in [0.25, 0.3) is 0 Å². The fourth-order valence-corrected chi connectivity index (χ4v) is 5.32. The molecule has 1 saturated heterocycles. The van der Waals surface area contributed by atoms with Gasteiger partial charge in [0, 0.05) is 17.3 Å². The molecule has 2 aliphatic rings. The highest BCUT2D eigenvalue weighted by Gasteiger charge is 2.31. The van der Waals surface area contributed by atoms with Crippen molar-refractivity contribution in [3.8, 4) is 0 Å². The normalized spacial score (nSPS) is 26.0. The number of nitrogens with one attached hydrogen (secondary N) is 2. The van der Waals surface area contributed by atoms with E-state index >= 15 is 0 Å². The van der Waals surface area contributed by atoms with E-state index in [0.717, 1.165) is 19.4 Å². The number of para-hydroxylation sites is 1. The average molecular weight is 326 g/mol. The molecular weight excluding hydrogens is 304 g/mol. The molecule has 116 valence electrons. The quantitative estimate of drug-likeness (QED) is 0.844. The zero-order valence-electron chi connectivity index (χ0n) is 12.3. The lowest BCUT2D eigenvalue weighted by atomic mass is 10.1. The third kappa shape index (κ3) is 3.73. The second kappa shape index (κ2) is 5.82. The molecule has 2 fully saturated rings. The van der Waals surface area contributed by atoms with Crippen LogP contribution in [0.5, 0.6) is 0 Å². The minimum Gasteiger partial charge on any atom is -0.383 e. The number of benzene rings is 1. The molecule has 1 aliphatic carbocycles. The van der Waals surface area contributed by atoms with Gasteiger partial charge in [-0.25, -0.2) is 13.1 Å². The molecule has 4 nitrogen and oxygen atoms in total. The van der Waals surface area contributed by atoms with Crippen LogP contribution in [0.2, 0.25) is 0 Å². The minimum atomic E-state index is -3.41. The summed E-state index contributed by atoms with van der Waals surface area (Å²) in [5.41, 5.74) is 0.708. The Morgan fingerprint density at radius 3 is 2.76 bits per heavy atom. The largest absolute Gasteiger partial charge is 0.383 e. The first-order valence-corrected chi connectivity index (χ1v) is 9.95. The van der Waals surface area contributed by atoms with E-state index in [-0.39, 0.29) is 10.8 Å². The molecule has 1 atom stereocenters. The fourth-order valence-electron chi connectivity index (χ4n) is 2.59. The molecule has 1 aromatic rings. The Balaban J connectivity index is 1.75. The molecule has 0 amide bonds. The van der Waals surface area contributed by atoms with Crippen LogP contribution in [0.25, 0.3) is 0 Å². The molecule has 1 unspecified atom stereocenters. The van der Waals surface area contributed by atoms with Gasteiger partial charge in [-0.15, -0.1) is 0 Å². The molecule has 0 aromatic heterocycles. The van der Waals surface area contributed by atoms with Gasteiger partial charge in [0.05, 0.1) is 5.69 Å². The number of hydrogen-bond donors (Lipinski definition) is 2. The standard InChI is InChI=1S/C15H22N2O2S2/c1-15(9-4-10-20-15)11-16-13-5-2-3-6-14(13)21(18,19)17-12-7-8-12/h2-3,5-6,12,16-17H,4,7-11H2,1H3. The molecule has 3 rings (SSSR count). The van der Waals surface area contributed by atoms with Gasteiger partial charge < -0.3 is 5.32 Å². The van der Waals surface area contributed by atoms with Gasteiger partial charge in [-0.1, -0.05) is 12.1 Å². The van der Waals surface area contributed by atoms with Gasteiger partial charge in [0.2, 0.25) is 10.0 Å². The summed E-state index contributed by atoms with van der Waals surface area (Å²) in [5.74, 6) is 1.20. The van der Waals surface area contributed by atoms with Crippen molar-refractivity contribution in [1.29, 1.82) is 0 Å². The maximum Gasteiger partial charge on any atom is 0.242 e. The van der Waals surface area contributed by atoms with E-state index in [1.54, 1.807) is 12.1 Å². The lowest BCUT2D eigenvalue weighted by Crippen LogP contribution is -2.29. The van der Waals surface area contributed by atoms with E-state index in [0.29, 0.717) is 10.6 Å². The number of thioether (sulfide) groups is 1. The van der Waals surface area contributed by atoms with Gasteiger partial charge >= 0.3 is 0 Å². The number of hydrogen-bond acceptors (Lipinski definition) is 4. The molecule has 1 aromatic carbocycles. The third-order valence-electron chi connectivity index (χ3n) is 4.03. The summed E-state index contributed by atoms with van der Waals surface area (Å²) in [4.78, 5) is 0.364. The summed E-state index contributed by atoms with van der Waals surface area (Å²) in [7, 11) is -3.41. The van der Waals surface area contributed by atoms with Crippen LogP contribution in [0, 0.1) is 0 Å². The Hall–Kier alpha value is -0.720. The van der Waals surface area contributed by atoms with Gasteiger partial charge in [0.15, 0.2) is 0 Å². The summed E-state index contributed by atoms with van der Waals surface area (Å²) in [5, 5.41) is 3.36. The Morgan fingerprint density at radius 1 is 1.33 bits per heavy atom. The SMILES string of the molecule is CC1(CNc2ccccc2S(=O)(=O)NC2CC2)CCCS1. The molecule has 2 N–H and O–H groups in total. The van der Waals surface area contributed by atoms with Crippen molar-refractivity contribution in [1.82, 2.24) is 4.72 Å². The smallest absolute Gasteiger partial charge is 0.242 e. The van der Waals surface area contributed by atoms with Crippen molar-refractivity contribution in [2.45, 2.75) is 48.3 Å². The van der Waals surface area contributed by atoms with Crippen molar-refractivity contribution in [3.63, 3.8) is 0 Å². The Labute approximate surface area is 131 Å². The van der Waals surface area contributed by atoms with Crippen LogP contribution in [0.1, 0.15) is 32.6 Å². The number of rotatable bonds is 6. The van der Waals surface area contributed by atoms with E-state index in [2.05, 4.69) is 17.0 Å². The van der Waals surface area contributed by atoms with Crippen molar-refractivity contribution in [2.75, 3.05) is 17.6 Å². The topological polar surface area (TPSA) is 58.2 Å². The highest BCUT2D eigenvalue weighted by Crippen LogP contribution is 2.38. The van der Waals surface area contributed by atoms with Crippen molar-refractivity contribution >= 4 is 27.5 Å². The first-order valence-electron chi connectivity index (χ1n) is 7.48. The van der Waals surface area contributed by atoms with Crippen molar-refractivity contribution in [2.24, 2.45) is 0 Å². The lowest BCUT2D eigenvalue weighted by molar-refractivity contribution is 0.581. The van der Waals surface area contributed by atoms with Gasteiger partial charge in [0.1, 0.15) is 4.90 Å². The molecule has 1 heterocycles. The van der Waals surface area contributed by atoms with E-state index in [1.165, 1.54) is 18.6 Å².